The first-order chi connectivity index (χ1) is 16.0. The van der Waals surface area contributed by atoms with Crippen LogP contribution in [0.3, 0.4) is 0 Å². The van der Waals surface area contributed by atoms with Gasteiger partial charge in [-0.1, -0.05) is 5.21 Å². The van der Waals surface area contributed by atoms with Crippen LogP contribution >= 0.6 is 0 Å². The second-order valence-electron chi connectivity index (χ2n) is 8.44. The molecule has 0 unspecified atom stereocenters. The van der Waals surface area contributed by atoms with Gasteiger partial charge in [0, 0.05) is 26.7 Å². The molecule has 4 bridgehead atoms. The van der Waals surface area contributed by atoms with Gasteiger partial charge in [-0.25, -0.2) is 9.67 Å². The van der Waals surface area contributed by atoms with E-state index >= 15 is 0 Å². The molecule has 1 fully saturated rings. The molecule has 5 heterocycles. The Morgan fingerprint density at radius 1 is 1.30 bits per heavy atom. The Hall–Kier alpha value is -3.77. The second-order valence-corrected chi connectivity index (χ2v) is 8.44. The Morgan fingerprint density at radius 3 is 3.03 bits per heavy atom. The highest BCUT2D eigenvalue weighted by Crippen LogP contribution is 2.30. The molecule has 3 aromatic heterocycles. The van der Waals surface area contributed by atoms with Crippen molar-refractivity contribution in [1.29, 1.82) is 0 Å². The molecule has 12 nitrogen and oxygen atoms in total. The molecular formula is C21H23N9O3. The van der Waals surface area contributed by atoms with Gasteiger partial charge in [-0.05, 0) is 24.1 Å². The maximum absolute atomic E-state index is 13.5. The number of fused-ring (bicyclic) bond motifs is 6. The van der Waals surface area contributed by atoms with E-state index in [-0.39, 0.29) is 18.5 Å². The van der Waals surface area contributed by atoms with Crippen LogP contribution in [0.2, 0.25) is 0 Å². The predicted octanol–water partition coefficient (Wildman–Crippen LogP) is 0.902. The van der Waals surface area contributed by atoms with Gasteiger partial charge in [-0.3, -0.25) is 4.79 Å². The molecule has 6 rings (SSSR count). The highest BCUT2D eigenvalue weighted by Gasteiger charge is 2.36. The summed E-state index contributed by atoms with van der Waals surface area (Å²) in [6, 6.07) is 5.53. The SMILES string of the molecule is CNc1cc2nc3c(cnn13)C(=O)N1C[C@H](O)C[C@@H]1COCc1cc(c3nnn(C)c3c1)N2. The lowest BCUT2D eigenvalue weighted by molar-refractivity contribution is 0.0497. The normalized spacial score (nSPS) is 20.8. The van der Waals surface area contributed by atoms with Crippen molar-refractivity contribution in [3.8, 4) is 0 Å². The molecule has 0 radical (unpaired) electrons. The number of nitrogens with one attached hydrogen (secondary N) is 2. The highest BCUT2D eigenvalue weighted by molar-refractivity contribution is 6.00. The summed E-state index contributed by atoms with van der Waals surface area (Å²) in [7, 11) is 3.62. The van der Waals surface area contributed by atoms with Crippen molar-refractivity contribution in [1.82, 2.24) is 34.5 Å². The first-order valence-electron chi connectivity index (χ1n) is 10.7. The van der Waals surface area contributed by atoms with Crippen LogP contribution in [-0.4, -0.2) is 77.9 Å². The molecule has 1 saturated heterocycles. The van der Waals surface area contributed by atoms with Gasteiger partial charge < -0.3 is 25.4 Å². The molecule has 2 aliphatic rings. The molecule has 4 aromatic rings. The van der Waals surface area contributed by atoms with Crippen molar-refractivity contribution >= 4 is 39.9 Å². The van der Waals surface area contributed by atoms with Gasteiger partial charge >= 0.3 is 0 Å². The van der Waals surface area contributed by atoms with E-state index in [0.717, 1.165) is 16.8 Å². The fourth-order valence-corrected chi connectivity index (χ4v) is 4.63. The lowest BCUT2D eigenvalue weighted by Gasteiger charge is -2.24. The number of carbonyl (C=O) groups excluding carboxylic acids is 1. The van der Waals surface area contributed by atoms with E-state index in [2.05, 4.69) is 26.0 Å². The molecule has 170 valence electrons. The fourth-order valence-electron chi connectivity index (χ4n) is 4.63. The van der Waals surface area contributed by atoms with E-state index in [1.165, 1.54) is 6.20 Å². The molecule has 2 aliphatic heterocycles. The van der Waals surface area contributed by atoms with E-state index in [9.17, 15) is 9.90 Å². The molecule has 0 spiro atoms. The van der Waals surface area contributed by atoms with Crippen molar-refractivity contribution in [3.05, 3.63) is 35.5 Å². The van der Waals surface area contributed by atoms with Gasteiger partial charge in [0.15, 0.2) is 5.65 Å². The number of aromatic nitrogens is 6. The zero-order valence-electron chi connectivity index (χ0n) is 18.2. The number of hydrogen-bond acceptors (Lipinski definition) is 9. The molecule has 3 N–H and O–H groups in total. The van der Waals surface area contributed by atoms with Gasteiger partial charge in [-0.15, -0.1) is 5.10 Å². The first kappa shape index (κ1) is 19.9. The summed E-state index contributed by atoms with van der Waals surface area (Å²) in [4.78, 5) is 19.8. The van der Waals surface area contributed by atoms with Crippen LogP contribution in [0.4, 0.5) is 17.3 Å². The van der Waals surface area contributed by atoms with E-state index in [1.807, 2.05) is 25.2 Å². The van der Waals surface area contributed by atoms with Crippen LogP contribution in [-0.2, 0) is 18.4 Å². The van der Waals surface area contributed by atoms with Crippen LogP contribution in [0.15, 0.2) is 24.4 Å². The monoisotopic (exact) mass is 449 g/mol. The molecular weight excluding hydrogens is 426 g/mol. The number of aryl methyl sites for hydroxylation is 1. The fraction of sp³-hybridized carbons (Fsp3) is 0.381. The number of benzene rings is 1. The topological polar surface area (TPSA) is 135 Å². The lowest BCUT2D eigenvalue weighted by atomic mass is 10.1. The summed E-state index contributed by atoms with van der Waals surface area (Å²) in [5.74, 6) is 0.969. The van der Waals surface area contributed by atoms with Crippen LogP contribution < -0.4 is 10.6 Å². The number of amides is 1. The Kier molecular flexibility index (Phi) is 4.45. The number of ether oxygens (including phenoxy) is 1. The number of carbonyl (C=O) groups is 1. The van der Waals surface area contributed by atoms with E-state index < -0.39 is 6.10 Å². The number of nitrogens with zero attached hydrogens (tertiary/aromatic N) is 7. The number of anilines is 3. The minimum absolute atomic E-state index is 0.228. The van der Waals surface area contributed by atoms with Crippen LogP contribution in [0.25, 0.3) is 16.7 Å². The zero-order valence-corrected chi connectivity index (χ0v) is 18.2. The molecule has 1 aromatic carbocycles. The third-order valence-electron chi connectivity index (χ3n) is 6.23. The maximum Gasteiger partial charge on any atom is 0.259 e. The van der Waals surface area contributed by atoms with Gasteiger partial charge in [-0.2, -0.15) is 9.61 Å². The third-order valence-corrected chi connectivity index (χ3v) is 6.23. The van der Waals surface area contributed by atoms with Gasteiger partial charge in [0.2, 0.25) is 0 Å². The Balaban J connectivity index is 1.56. The average Bonchev–Trinajstić information content (AvgIpc) is 3.50. The van der Waals surface area contributed by atoms with Crippen LogP contribution in [0.1, 0.15) is 22.3 Å². The standard InChI is InChI=1S/C21H23N9O3/c1-22-18-6-17-24-15-3-11(4-16-19(15)26-27-28(16)2)9-33-10-12-5-13(31)8-29(12)21(32)14-7-23-30(18)20(14)25-17/h3-4,6-7,12-13,22,31H,5,8-10H2,1-2H3,(H,24,25)/t12-,13-/m1/s1. The molecule has 0 aliphatic carbocycles. The average molecular weight is 449 g/mol. The van der Waals surface area contributed by atoms with E-state index in [1.54, 1.807) is 21.1 Å². The summed E-state index contributed by atoms with van der Waals surface area (Å²) >= 11 is 0. The minimum Gasteiger partial charge on any atom is -0.391 e. The highest BCUT2D eigenvalue weighted by atomic mass is 16.5. The van der Waals surface area contributed by atoms with Crippen molar-refractivity contribution in [2.45, 2.75) is 25.2 Å². The lowest BCUT2D eigenvalue weighted by Crippen LogP contribution is -2.38. The van der Waals surface area contributed by atoms with Crippen LogP contribution in [0.5, 0.6) is 0 Å². The summed E-state index contributed by atoms with van der Waals surface area (Å²) in [5, 5.41) is 29.6. The Bertz CT molecular complexity index is 1390. The summed E-state index contributed by atoms with van der Waals surface area (Å²) < 4.78 is 9.31. The molecule has 12 heteroatoms. The van der Waals surface area contributed by atoms with Crippen molar-refractivity contribution in [2.75, 3.05) is 30.8 Å². The van der Waals surface area contributed by atoms with Crippen molar-refractivity contribution in [2.24, 2.45) is 7.05 Å². The number of rotatable bonds is 1. The zero-order chi connectivity index (χ0) is 22.7. The summed E-state index contributed by atoms with van der Waals surface area (Å²) in [5.41, 5.74) is 4.02. The minimum atomic E-state index is -0.596. The maximum atomic E-state index is 13.5. The number of aliphatic hydroxyl groups is 1. The molecule has 2 atom stereocenters. The van der Waals surface area contributed by atoms with Crippen LogP contribution in [0, 0.1) is 0 Å². The predicted molar refractivity (Wildman–Crippen MR) is 119 cm³/mol. The van der Waals surface area contributed by atoms with Crippen molar-refractivity contribution < 1.29 is 14.6 Å². The quantitative estimate of drug-likeness (QED) is 0.387. The van der Waals surface area contributed by atoms with Gasteiger partial charge in [0.1, 0.15) is 22.7 Å². The molecule has 0 saturated carbocycles. The molecule has 1 amide bonds. The smallest absolute Gasteiger partial charge is 0.259 e. The van der Waals surface area contributed by atoms with Gasteiger partial charge in [0.05, 0.1) is 42.8 Å². The number of aliphatic hydroxyl groups excluding tert-OH is 1. The number of hydrogen-bond donors (Lipinski definition) is 3. The largest absolute Gasteiger partial charge is 0.391 e. The first-order valence-corrected chi connectivity index (χ1v) is 10.7. The van der Waals surface area contributed by atoms with E-state index in [4.69, 9.17) is 9.72 Å². The summed E-state index contributed by atoms with van der Waals surface area (Å²) in [6.07, 6.45) is 1.38. The summed E-state index contributed by atoms with van der Waals surface area (Å²) in [6.45, 7) is 0.905. The van der Waals surface area contributed by atoms with Crippen molar-refractivity contribution in [3.63, 3.8) is 0 Å². The van der Waals surface area contributed by atoms with E-state index in [0.29, 0.717) is 48.0 Å². The molecule has 33 heavy (non-hydrogen) atoms. The third kappa shape index (κ3) is 3.17. The second kappa shape index (κ2) is 7.39. The Labute approximate surface area is 188 Å². The van der Waals surface area contributed by atoms with Gasteiger partial charge in [0.25, 0.3) is 5.91 Å². The Morgan fingerprint density at radius 2 is 2.18 bits per heavy atom.